The number of nitrogens with two attached hydrogens (primary N) is 1. The highest BCUT2D eigenvalue weighted by Crippen LogP contribution is 2.21. The quantitative estimate of drug-likeness (QED) is 0.867. The number of benzene rings is 1. The van der Waals surface area contributed by atoms with E-state index in [1.54, 1.807) is 6.07 Å². The zero-order chi connectivity index (χ0) is 15.2. The minimum Gasteiger partial charge on any atom is -0.494 e. The number of hydrogen-bond donors (Lipinski definition) is 1. The molecule has 1 saturated heterocycles. The minimum atomic E-state index is -0.240. The van der Waals surface area contributed by atoms with Crippen LogP contribution >= 0.6 is 0 Å². The summed E-state index contributed by atoms with van der Waals surface area (Å²) >= 11 is 0. The predicted octanol–water partition coefficient (Wildman–Crippen LogP) is 1.69. The van der Waals surface area contributed by atoms with Crippen molar-refractivity contribution >= 4 is 0 Å². The molecule has 21 heavy (non-hydrogen) atoms. The molecule has 0 spiro atoms. The Morgan fingerprint density at radius 1 is 1.29 bits per heavy atom. The number of methoxy groups -OCH3 is 1. The van der Waals surface area contributed by atoms with Gasteiger partial charge in [-0.1, -0.05) is 19.1 Å². The van der Waals surface area contributed by atoms with Gasteiger partial charge in [-0.15, -0.1) is 0 Å². The first kappa shape index (κ1) is 16.2. The number of rotatable bonds is 6. The molecule has 0 aromatic heterocycles. The molecule has 5 heteroatoms. The summed E-state index contributed by atoms with van der Waals surface area (Å²) in [4.78, 5) is 4.73. The highest BCUT2D eigenvalue weighted by atomic mass is 19.1. The van der Waals surface area contributed by atoms with Crippen LogP contribution in [0.5, 0.6) is 5.75 Å². The van der Waals surface area contributed by atoms with Gasteiger partial charge in [0.25, 0.3) is 0 Å². The number of ether oxygens (including phenoxy) is 1. The molecule has 1 aliphatic heterocycles. The third-order valence-electron chi connectivity index (χ3n) is 4.32. The van der Waals surface area contributed by atoms with Crippen LogP contribution in [-0.4, -0.2) is 55.7 Å². The van der Waals surface area contributed by atoms with Gasteiger partial charge < -0.3 is 10.5 Å². The maximum absolute atomic E-state index is 14.2. The van der Waals surface area contributed by atoms with Gasteiger partial charge in [-0.05, 0) is 12.5 Å². The third kappa shape index (κ3) is 3.93. The fourth-order valence-electron chi connectivity index (χ4n) is 2.94. The van der Waals surface area contributed by atoms with Crippen LogP contribution in [0.25, 0.3) is 0 Å². The molecule has 1 aliphatic rings. The Morgan fingerprint density at radius 2 is 2.00 bits per heavy atom. The Morgan fingerprint density at radius 3 is 2.57 bits per heavy atom. The molecule has 1 aromatic rings. The van der Waals surface area contributed by atoms with Crippen molar-refractivity contribution in [2.45, 2.75) is 25.9 Å². The summed E-state index contributed by atoms with van der Waals surface area (Å²) < 4.78 is 19.2. The Balaban J connectivity index is 1.92. The van der Waals surface area contributed by atoms with Crippen LogP contribution in [0.1, 0.15) is 18.9 Å². The van der Waals surface area contributed by atoms with E-state index in [1.165, 1.54) is 7.11 Å². The normalized spacial score (nSPS) is 18.7. The summed E-state index contributed by atoms with van der Waals surface area (Å²) in [6, 6.07) is 5.80. The lowest BCUT2D eigenvalue weighted by Crippen LogP contribution is -2.51. The minimum absolute atomic E-state index is 0.240. The molecule has 1 atom stereocenters. The fourth-order valence-corrected chi connectivity index (χ4v) is 2.94. The second-order valence-electron chi connectivity index (χ2n) is 5.54. The average molecular weight is 295 g/mol. The van der Waals surface area contributed by atoms with Crippen LogP contribution in [0, 0.1) is 5.82 Å². The van der Waals surface area contributed by atoms with Gasteiger partial charge in [0.1, 0.15) is 0 Å². The molecule has 1 fully saturated rings. The number of halogens is 1. The zero-order valence-corrected chi connectivity index (χ0v) is 13.0. The van der Waals surface area contributed by atoms with E-state index >= 15 is 0 Å². The number of hydrogen-bond acceptors (Lipinski definition) is 4. The van der Waals surface area contributed by atoms with Crippen molar-refractivity contribution in [1.82, 2.24) is 9.80 Å². The van der Waals surface area contributed by atoms with Crippen LogP contribution < -0.4 is 10.5 Å². The lowest BCUT2D eigenvalue weighted by molar-refractivity contribution is 0.0919. The summed E-state index contributed by atoms with van der Waals surface area (Å²) in [5, 5.41) is 0. The second-order valence-corrected chi connectivity index (χ2v) is 5.54. The lowest BCUT2D eigenvalue weighted by Gasteiger charge is -2.38. The Bertz CT molecular complexity index is 443. The molecule has 1 unspecified atom stereocenters. The molecule has 2 N–H and O–H groups in total. The van der Waals surface area contributed by atoms with E-state index in [0.29, 0.717) is 30.4 Å². The summed E-state index contributed by atoms with van der Waals surface area (Å²) in [6.07, 6.45) is 1.08. The summed E-state index contributed by atoms with van der Waals surface area (Å²) in [5.41, 5.74) is 6.51. The third-order valence-corrected chi connectivity index (χ3v) is 4.32. The van der Waals surface area contributed by atoms with Crippen LogP contribution in [0.15, 0.2) is 18.2 Å². The molecule has 0 radical (unpaired) electrons. The molecule has 0 saturated carbocycles. The highest BCUT2D eigenvalue weighted by molar-refractivity contribution is 5.31. The van der Waals surface area contributed by atoms with E-state index < -0.39 is 0 Å². The monoisotopic (exact) mass is 295 g/mol. The van der Waals surface area contributed by atoms with Crippen molar-refractivity contribution in [2.75, 3.05) is 39.8 Å². The first-order valence-electron chi connectivity index (χ1n) is 7.67. The van der Waals surface area contributed by atoms with Crippen LogP contribution in [0.3, 0.4) is 0 Å². The average Bonchev–Trinajstić information content (AvgIpc) is 2.52. The summed E-state index contributed by atoms with van der Waals surface area (Å²) in [5.74, 6) is 0.0798. The smallest absolute Gasteiger partial charge is 0.169 e. The van der Waals surface area contributed by atoms with Crippen molar-refractivity contribution in [1.29, 1.82) is 0 Å². The number of piperazine rings is 1. The Kier molecular flexibility index (Phi) is 5.96. The SMILES string of the molecule is CCC(CN)N1CCN(Cc2cccc(OC)c2F)CC1. The van der Waals surface area contributed by atoms with E-state index in [2.05, 4.69) is 16.7 Å². The van der Waals surface area contributed by atoms with Gasteiger partial charge >= 0.3 is 0 Å². The van der Waals surface area contributed by atoms with Crippen molar-refractivity contribution < 1.29 is 9.13 Å². The van der Waals surface area contributed by atoms with Gasteiger partial charge in [-0.3, -0.25) is 9.80 Å². The molecular weight excluding hydrogens is 269 g/mol. The molecule has 118 valence electrons. The molecule has 0 amide bonds. The van der Waals surface area contributed by atoms with E-state index in [-0.39, 0.29) is 5.82 Å². The van der Waals surface area contributed by atoms with Crippen LogP contribution in [0.4, 0.5) is 4.39 Å². The van der Waals surface area contributed by atoms with Gasteiger partial charge in [-0.25, -0.2) is 4.39 Å². The first-order valence-corrected chi connectivity index (χ1v) is 7.67. The summed E-state index contributed by atoms with van der Waals surface area (Å²) in [7, 11) is 1.50. The standard InChI is InChI=1S/C16H26FN3O/c1-3-14(11-18)20-9-7-19(8-10-20)12-13-5-4-6-15(21-2)16(13)17/h4-6,14H,3,7-12,18H2,1-2H3. The molecule has 1 heterocycles. The van der Waals surface area contributed by atoms with E-state index in [9.17, 15) is 4.39 Å². The zero-order valence-electron chi connectivity index (χ0n) is 13.0. The molecule has 4 nitrogen and oxygen atoms in total. The Hall–Kier alpha value is -1.17. The van der Waals surface area contributed by atoms with Crippen LogP contribution in [0.2, 0.25) is 0 Å². The van der Waals surface area contributed by atoms with Gasteiger partial charge in [0, 0.05) is 50.9 Å². The second kappa shape index (κ2) is 7.73. The number of nitrogens with zero attached hydrogens (tertiary/aromatic N) is 2. The van der Waals surface area contributed by atoms with Gasteiger partial charge in [-0.2, -0.15) is 0 Å². The van der Waals surface area contributed by atoms with E-state index in [0.717, 1.165) is 32.6 Å². The predicted molar refractivity (Wildman–Crippen MR) is 82.9 cm³/mol. The largest absolute Gasteiger partial charge is 0.494 e. The van der Waals surface area contributed by atoms with Gasteiger partial charge in [0.05, 0.1) is 7.11 Å². The summed E-state index contributed by atoms with van der Waals surface area (Å²) in [6.45, 7) is 7.43. The topological polar surface area (TPSA) is 41.7 Å². The van der Waals surface area contributed by atoms with Crippen LogP contribution in [-0.2, 0) is 6.54 Å². The van der Waals surface area contributed by atoms with E-state index in [4.69, 9.17) is 10.5 Å². The first-order chi connectivity index (χ1) is 10.2. The molecule has 2 rings (SSSR count). The molecule has 0 aliphatic carbocycles. The maximum atomic E-state index is 14.2. The van der Waals surface area contributed by atoms with Crippen molar-refractivity contribution in [3.8, 4) is 5.75 Å². The van der Waals surface area contributed by atoms with E-state index in [1.807, 2.05) is 12.1 Å². The van der Waals surface area contributed by atoms with Gasteiger partial charge in [0.15, 0.2) is 11.6 Å². The Labute approximate surface area is 126 Å². The maximum Gasteiger partial charge on any atom is 0.169 e. The fraction of sp³-hybridized carbons (Fsp3) is 0.625. The lowest BCUT2D eigenvalue weighted by atomic mass is 10.1. The van der Waals surface area contributed by atoms with Gasteiger partial charge in [0.2, 0.25) is 0 Å². The van der Waals surface area contributed by atoms with Crippen molar-refractivity contribution in [2.24, 2.45) is 5.73 Å². The molecular formula is C16H26FN3O. The molecule has 1 aromatic carbocycles. The van der Waals surface area contributed by atoms with Crippen molar-refractivity contribution in [3.05, 3.63) is 29.6 Å². The molecule has 0 bridgehead atoms. The van der Waals surface area contributed by atoms with Crippen molar-refractivity contribution in [3.63, 3.8) is 0 Å². The highest BCUT2D eigenvalue weighted by Gasteiger charge is 2.22.